The van der Waals surface area contributed by atoms with Crippen LogP contribution in [0.3, 0.4) is 0 Å². The van der Waals surface area contributed by atoms with E-state index in [4.69, 9.17) is 0 Å². The van der Waals surface area contributed by atoms with E-state index in [1.54, 1.807) is 0 Å². The first-order valence-electron chi connectivity index (χ1n) is 7.27. The van der Waals surface area contributed by atoms with Gasteiger partial charge in [0.25, 0.3) is 0 Å². The summed E-state index contributed by atoms with van der Waals surface area (Å²) in [5, 5.41) is 3.86. The molecule has 3 fully saturated rings. The van der Waals surface area contributed by atoms with Crippen molar-refractivity contribution in [3.63, 3.8) is 0 Å². The van der Waals surface area contributed by atoms with E-state index in [1.807, 2.05) is 0 Å². The van der Waals surface area contributed by atoms with Crippen LogP contribution < -0.4 is 5.32 Å². The molecular formula is C14H26N2. The molecule has 16 heavy (non-hydrogen) atoms. The van der Waals surface area contributed by atoms with Gasteiger partial charge in [-0.2, -0.15) is 0 Å². The van der Waals surface area contributed by atoms with Gasteiger partial charge in [0, 0.05) is 18.1 Å². The molecule has 3 rings (SSSR count). The van der Waals surface area contributed by atoms with Crippen molar-refractivity contribution in [2.45, 2.75) is 63.5 Å². The van der Waals surface area contributed by atoms with Crippen LogP contribution in [0.2, 0.25) is 0 Å². The molecule has 0 amide bonds. The van der Waals surface area contributed by atoms with Gasteiger partial charge in [0.05, 0.1) is 0 Å². The molecule has 0 radical (unpaired) electrons. The molecule has 0 aromatic rings. The highest BCUT2D eigenvalue weighted by Crippen LogP contribution is 2.36. The standard InChI is InChI=1S/C14H26N2/c1-12-9-13(10-12)16-8-4-7-15-14(11-16)5-2-3-6-14/h12-13,15H,2-11H2,1H3. The highest BCUT2D eigenvalue weighted by molar-refractivity contribution is 4.99. The van der Waals surface area contributed by atoms with E-state index in [-0.39, 0.29) is 0 Å². The SMILES string of the molecule is CC1CC(N2CCCNC3(CCCC3)C2)C1. The molecule has 1 heterocycles. The van der Waals surface area contributed by atoms with Crippen LogP contribution in [0.4, 0.5) is 0 Å². The molecule has 92 valence electrons. The molecule has 1 aliphatic heterocycles. The minimum absolute atomic E-state index is 0.509. The van der Waals surface area contributed by atoms with Gasteiger partial charge < -0.3 is 5.32 Å². The van der Waals surface area contributed by atoms with E-state index in [0.717, 1.165) is 12.0 Å². The molecule has 3 aliphatic rings. The Hall–Kier alpha value is -0.0800. The molecule has 1 N–H and O–H groups in total. The van der Waals surface area contributed by atoms with E-state index >= 15 is 0 Å². The van der Waals surface area contributed by atoms with Gasteiger partial charge in [-0.15, -0.1) is 0 Å². The summed E-state index contributed by atoms with van der Waals surface area (Å²) in [5.74, 6) is 0.987. The van der Waals surface area contributed by atoms with E-state index in [1.165, 1.54) is 64.6 Å². The maximum absolute atomic E-state index is 3.86. The summed E-state index contributed by atoms with van der Waals surface area (Å²) in [6.45, 7) is 6.33. The second-order valence-electron chi connectivity index (χ2n) is 6.47. The molecule has 0 aromatic heterocycles. The Kier molecular flexibility index (Phi) is 2.97. The lowest BCUT2D eigenvalue weighted by Gasteiger charge is -2.44. The van der Waals surface area contributed by atoms with Crippen molar-refractivity contribution < 1.29 is 0 Å². The van der Waals surface area contributed by atoms with Gasteiger partial charge in [-0.1, -0.05) is 19.8 Å². The Morgan fingerprint density at radius 1 is 1.12 bits per heavy atom. The van der Waals surface area contributed by atoms with Crippen molar-refractivity contribution in [3.05, 3.63) is 0 Å². The Labute approximate surface area is 99.8 Å². The third kappa shape index (κ3) is 2.02. The maximum atomic E-state index is 3.86. The lowest BCUT2D eigenvalue weighted by molar-refractivity contribution is 0.0690. The predicted molar refractivity (Wildman–Crippen MR) is 67.6 cm³/mol. The van der Waals surface area contributed by atoms with E-state index < -0.39 is 0 Å². The van der Waals surface area contributed by atoms with Crippen LogP contribution in [0.25, 0.3) is 0 Å². The first-order chi connectivity index (χ1) is 7.77. The van der Waals surface area contributed by atoms with Crippen molar-refractivity contribution in [3.8, 4) is 0 Å². The summed E-state index contributed by atoms with van der Waals surface area (Å²) in [5.41, 5.74) is 0.509. The molecule has 1 spiro atoms. The molecule has 0 atom stereocenters. The minimum Gasteiger partial charge on any atom is -0.310 e. The van der Waals surface area contributed by atoms with Gasteiger partial charge in [0.2, 0.25) is 0 Å². The Balaban J connectivity index is 1.65. The smallest absolute Gasteiger partial charge is 0.0308 e. The van der Waals surface area contributed by atoms with Crippen LogP contribution in [0.5, 0.6) is 0 Å². The number of nitrogens with zero attached hydrogens (tertiary/aromatic N) is 1. The number of hydrogen-bond donors (Lipinski definition) is 1. The Morgan fingerprint density at radius 2 is 1.88 bits per heavy atom. The Bertz CT molecular complexity index is 239. The van der Waals surface area contributed by atoms with Crippen LogP contribution in [-0.2, 0) is 0 Å². The van der Waals surface area contributed by atoms with E-state index in [2.05, 4.69) is 17.1 Å². The molecule has 2 saturated carbocycles. The number of hydrogen-bond acceptors (Lipinski definition) is 2. The second-order valence-corrected chi connectivity index (χ2v) is 6.47. The third-order valence-corrected chi connectivity index (χ3v) is 5.05. The molecule has 0 unspecified atom stereocenters. The highest BCUT2D eigenvalue weighted by atomic mass is 15.2. The van der Waals surface area contributed by atoms with E-state index in [9.17, 15) is 0 Å². The van der Waals surface area contributed by atoms with Crippen LogP contribution in [0.1, 0.15) is 51.9 Å². The summed E-state index contributed by atoms with van der Waals surface area (Å²) >= 11 is 0. The van der Waals surface area contributed by atoms with Gasteiger partial charge in [-0.25, -0.2) is 0 Å². The van der Waals surface area contributed by atoms with Gasteiger partial charge in [0.15, 0.2) is 0 Å². The normalized spacial score (nSPS) is 39.6. The maximum Gasteiger partial charge on any atom is 0.0308 e. The van der Waals surface area contributed by atoms with Crippen molar-refractivity contribution >= 4 is 0 Å². The van der Waals surface area contributed by atoms with E-state index in [0.29, 0.717) is 5.54 Å². The number of rotatable bonds is 1. The molecule has 2 heteroatoms. The van der Waals surface area contributed by atoms with Gasteiger partial charge >= 0.3 is 0 Å². The average Bonchev–Trinajstić information content (AvgIpc) is 2.56. The van der Waals surface area contributed by atoms with Crippen LogP contribution in [0, 0.1) is 5.92 Å². The fourth-order valence-electron chi connectivity index (χ4n) is 4.02. The molecule has 0 aromatic carbocycles. The minimum atomic E-state index is 0.509. The monoisotopic (exact) mass is 222 g/mol. The summed E-state index contributed by atoms with van der Waals surface area (Å²) < 4.78 is 0. The van der Waals surface area contributed by atoms with Crippen molar-refractivity contribution in [2.75, 3.05) is 19.6 Å². The molecule has 1 saturated heterocycles. The summed E-state index contributed by atoms with van der Waals surface area (Å²) in [6, 6.07) is 0.923. The lowest BCUT2D eigenvalue weighted by atomic mass is 9.80. The van der Waals surface area contributed by atoms with Gasteiger partial charge in [-0.3, -0.25) is 4.90 Å². The Morgan fingerprint density at radius 3 is 2.56 bits per heavy atom. The quantitative estimate of drug-likeness (QED) is 0.733. The summed E-state index contributed by atoms with van der Waals surface area (Å²) in [7, 11) is 0. The fraction of sp³-hybridized carbons (Fsp3) is 1.00. The second kappa shape index (κ2) is 4.30. The fourth-order valence-corrected chi connectivity index (χ4v) is 4.02. The first kappa shape index (κ1) is 11.0. The average molecular weight is 222 g/mol. The van der Waals surface area contributed by atoms with Gasteiger partial charge in [0.1, 0.15) is 0 Å². The molecular weight excluding hydrogens is 196 g/mol. The molecule has 2 nitrogen and oxygen atoms in total. The zero-order valence-electron chi connectivity index (χ0n) is 10.7. The summed E-state index contributed by atoms with van der Waals surface area (Å²) in [4.78, 5) is 2.81. The largest absolute Gasteiger partial charge is 0.310 e. The van der Waals surface area contributed by atoms with Crippen molar-refractivity contribution in [1.82, 2.24) is 10.2 Å². The predicted octanol–water partition coefficient (Wildman–Crippen LogP) is 2.39. The number of nitrogens with one attached hydrogen (secondary N) is 1. The zero-order valence-corrected chi connectivity index (χ0v) is 10.7. The zero-order chi connectivity index (χ0) is 11.0. The summed E-state index contributed by atoms with van der Waals surface area (Å²) in [6.07, 6.45) is 10.0. The van der Waals surface area contributed by atoms with Gasteiger partial charge in [-0.05, 0) is 51.1 Å². The van der Waals surface area contributed by atoms with Crippen LogP contribution >= 0.6 is 0 Å². The molecule has 0 bridgehead atoms. The lowest BCUT2D eigenvalue weighted by Crippen LogP contribution is -2.53. The third-order valence-electron chi connectivity index (χ3n) is 5.05. The van der Waals surface area contributed by atoms with Crippen LogP contribution in [0.15, 0.2) is 0 Å². The van der Waals surface area contributed by atoms with Crippen molar-refractivity contribution in [2.24, 2.45) is 5.92 Å². The molecule has 2 aliphatic carbocycles. The first-order valence-corrected chi connectivity index (χ1v) is 7.27. The van der Waals surface area contributed by atoms with Crippen molar-refractivity contribution in [1.29, 1.82) is 0 Å². The topological polar surface area (TPSA) is 15.3 Å². The highest BCUT2D eigenvalue weighted by Gasteiger charge is 2.40. The van der Waals surface area contributed by atoms with Crippen LogP contribution in [-0.4, -0.2) is 36.1 Å².